The molecule has 0 bridgehead atoms. The molecule has 0 amide bonds. The molecular formula is C15H12NO. The zero-order chi connectivity index (χ0) is 11.7. The molecule has 0 atom stereocenters. The average Bonchev–Trinajstić information content (AvgIpc) is 2.83. The highest BCUT2D eigenvalue weighted by atomic mass is 16.5. The van der Waals surface area contributed by atoms with Gasteiger partial charge in [-0.05, 0) is 36.4 Å². The van der Waals surface area contributed by atoms with Gasteiger partial charge in [-0.15, -0.1) is 0 Å². The summed E-state index contributed by atoms with van der Waals surface area (Å²) in [5, 5.41) is 1.11. The van der Waals surface area contributed by atoms with Gasteiger partial charge in [0.2, 0.25) is 0 Å². The lowest BCUT2D eigenvalue weighted by atomic mass is 10.2. The van der Waals surface area contributed by atoms with Crippen molar-refractivity contribution in [3.63, 3.8) is 0 Å². The highest BCUT2D eigenvalue weighted by molar-refractivity contribution is 5.87. The Hall–Kier alpha value is -2.22. The molecule has 2 heteroatoms. The lowest BCUT2D eigenvalue weighted by molar-refractivity contribution is 0.420. The molecular weight excluding hydrogens is 210 g/mol. The van der Waals surface area contributed by atoms with Crippen LogP contribution in [0.25, 0.3) is 16.6 Å². The molecule has 0 saturated carbocycles. The number of hydrogen-bond acceptors (Lipinski definition) is 1. The maximum Gasteiger partial charge on any atom is 0.128 e. The standard InChI is InChI=1S/C15H12NO/c1-17-15-9-5-8-14-13(15)10-11-16(14)12-6-3-2-4-7-12/h2-4,6-11H,1H3. The zero-order valence-electron chi connectivity index (χ0n) is 9.55. The summed E-state index contributed by atoms with van der Waals surface area (Å²) in [6, 6.07) is 19.3. The monoisotopic (exact) mass is 222 g/mol. The van der Waals surface area contributed by atoms with Gasteiger partial charge in [0.05, 0.1) is 12.6 Å². The molecule has 83 valence electrons. The molecule has 0 unspecified atom stereocenters. The topological polar surface area (TPSA) is 14.2 Å². The normalized spacial score (nSPS) is 10.6. The largest absolute Gasteiger partial charge is 0.496 e. The van der Waals surface area contributed by atoms with Crippen LogP contribution in [0.3, 0.4) is 0 Å². The number of benzene rings is 2. The van der Waals surface area contributed by atoms with Crippen molar-refractivity contribution in [2.45, 2.75) is 0 Å². The van der Waals surface area contributed by atoms with Crippen LogP contribution in [0, 0.1) is 6.07 Å². The van der Waals surface area contributed by atoms with E-state index in [2.05, 4.69) is 35.0 Å². The number of methoxy groups -OCH3 is 1. The molecule has 0 spiro atoms. The van der Waals surface area contributed by atoms with Crippen LogP contribution in [0.5, 0.6) is 5.75 Å². The Morgan fingerprint density at radius 2 is 1.88 bits per heavy atom. The first-order chi connectivity index (χ1) is 8.40. The molecule has 3 rings (SSSR count). The Kier molecular flexibility index (Phi) is 2.33. The van der Waals surface area contributed by atoms with E-state index in [9.17, 15) is 0 Å². The van der Waals surface area contributed by atoms with Crippen LogP contribution in [0.1, 0.15) is 0 Å². The van der Waals surface area contributed by atoms with Crippen molar-refractivity contribution in [2.24, 2.45) is 0 Å². The third-order valence-corrected chi connectivity index (χ3v) is 2.88. The Morgan fingerprint density at radius 3 is 2.65 bits per heavy atom. The van der Waals surface area contributed by atoms with Crippen LogP contribution in [0.2, 0.25) is 0 Å². The van der Waals surface area contributed by atoms with Gasteiger partial charge in [0.1, 0.15) is 5.75 Å². The highest BCUT2D eigenvalue weighted by Gasteiger charge is 2.06. The van der Waals surface area contributed by atoms with E-state index in [4.69, 9.17) is 4.74 Å². The molecule has 17 heavy (non-hydrogen) atoms. The molecule has 3 aromatic rings. The maximum absolute atomic E-state index is 5.33. The molecule has 1 heterocycles. The summed E-state index contributed by atoms with van der Waals surface area (Å²) in [7, 11) is 1.68. The number of hydrogen-bond donors (Lipinski definition) is 0. The summed E-state index contributed by atoms with van der Waals surface area (Å²) in [5.41, 5.74) is 2.25. The lowest BCUT2D eigenvalue weighted by Gasteiger charge is -2.06. The number of rotatable bonds is 2. The number of fused-ring (bicyclic) bond motifs is 1. The summed E-state index contributed by atoms with van der Waals surface area (Å²) < 4.78 is 7.47. The van der Waals surface area contributed by atoms with Crippen molar-refractivity contribution < 1.29 is 4.74 Å². The van der Waals surface area contributed by atoms with Crippen molar-refractivity contribution >= 4 is 10.9 Å². The molecule has 1 radical (unpaired) electrons. The van der Waals surface area contributed by atoms with E-state index in [1.807, 2.05) is 30.3 Å². The smallest absolute Gasteiger partial charge is 0.128 e. The second-order valence-corrected chi connectivity index (χ2v) is 3.84. The van der Waals surface area contributed by atoms with Crippen molar-refractivity contribution in [3.8, 4) is 11.4 Å². The molecule has 0 N–H and O–H groups in total. The van der Waals surface area contributed by atoms with E-state index < -0.39 is 0 Å². The van der Waals surface area contributed by atoms with Crippen LogP contribution in [-0.2, 0) is 0 Å². The van der Waals surface area contributed by atoms with Gasteiger partial charge in [-0.25, -0.2) is 0 Å². The van der Waals surface area contributed by atoms with Crippen LogP contribution in [-0.4, -0.2) is 11.7 Å². The third kappa shape index (κ3) is 1.58. The van der Waals surface area contributed by atoms with Crippen LogP contribution in [0.15, 0.2) is 54.7 Å². The predicted octanol–water partition coefficient (Wildman–Crippen LogP) is 3.44. The van der Waals surface area contributed by atoms with E-state index in [0.29, 0.717) is 0 Å². The van der Waals surface area contributed by atoms with Gasteiger partial charge in [0, 0.05) is 17.3 Å². The fourth-order valence-corrected chi connectivity index (χ4v) is 2.06. The van der Waals surface area contributed by atoms with E-state index in [0.717, 1.165) is 22.3 Å². The molecule has 1 aromatic heterocycles. The minimum atomic E-state index is 0.859. The van der Waals surface area contributed by atoms with Crippen molar-refractivity contribution in [1.82, 2.24) is 4.57 Å². The van der Waals surface area contributed by atoms with E-state index in [-0.39, 0.29) is 0 Å². The highest BCUT2D eigenvalue weighted by Crippen LogP contribution is 2.27. The Labute approximate surface area is 100 Å². The van der Waals surface area contributed by atoms with Gasteiger partial charge in [-0.3, -0.25) is 0 Å². The fraction of sp³-hybridized carbons (Fsp3) is 0.0667. The average molecular weight is 222 g/mol. The second kappa shape index (κ2) is 3.98. The third-order valence-electron chi connectivity index (χ3n) is 2.88. The predicted molar refractivity (Wildman–Crippen MR) is 68.7 cm³/mol. The van der Waals surface area contributed by atoms with Gasteiger partial charge in [-0.2, -0.15) is 0 Å². The molecule has 0 saturated heterocycles. The van der Waals surface area contributed by atoms with Gasteiger partial charge in [0.25, 0.3) is 0 Å². The number of para-hydroxylation sites is 1. The molecule has 2 nitrogen and oxygen atoms in total. The molecule has 0 fully saturated rings. The summed E-state index contributed by atoms with van der Waals surface area (Å²) >= 11 is 0. The minimum absolute atomic E-state index is 0.859. The summed E-state index contributed by atoms with van der Waals surface area (Å²) in [4.78, 5) is 0. The number of ether oxygens (including phenoxy) is 1. The summed E-state index contributed by atoms with van der Waals surface area (Å²) in [5.74, 6) is 0.859. The van der Waals surface area contributed by atoms with Crippen molar-refractivity contribution in [3.05, 3.63) is 60.8 Å². The van der Waals surface area contributed by atoms with Crippen LogP contribution >= 0.6 is 0 Å². The van der Waals surface area contributed by atoms with Crippen LogP contribution in [0.4, 0.5) is 0 Å². The van der Waals surface area contributed by atoms with Crippen LogP contribution < -0.4 is 4.74 Å². The van der Waals surface area contributed by atoms with Gasteiger partial charge < -0.3 is 9.30 Å². The van der Waals surface area contributed by atoms with Crippen molar-refractivity contribution in [1.29, 1.82) is 0 Å². The van der Waals surface area contributed by atoms with E-state index in [1.54, 1.807) is 7.11 Å². The Balaban J connectivity index is 2.26. The number of nitrogens with zero attached hydrogens (tertiary/aromatic N) is 1. The number of aromatic nitrogens is 1. The van der Waals surface area contributed by atoms with E-state index >= 15 is 0 Å². The molecule has 0 aliphatic carbocycles. The van der Waals surface area contributed by atoms with Gasteiger partial charge in [0.15, 0.2) is 0 Å². The summed E-state index contributed by atoms with van der Waals surface area (Å²) in [6.45, 7) is 0. The van der Waals surface area contributed by atoms with Gasteiger partial charge >= 0.3 is 0 Å². The molecule has 0 aliphatic heterocycles. The van der Waals surface area contributed by atoms with Crippen molar-refractivity contribution in [2.75, 3.05) is 7.11 Å². The summed E-state index contributed by atoms with van der Waals surface area (Å²) in [6.07, 6.45) is 2.05. The first-order valence-corrected chi connectivity index (χ1v) is 5.51. The second-order valence-electron chi connectivity index (χ2n) is 3.84. The van der Waals surface area contributed by atoms with Gasteiger partial charge in [-0.1, -0.05) is 18.2 Å². The SMILES string of the molecule is COc1c[c]cc2c1ccn2-c1ccccc1. The van der Waals surface area contributed by atoms with E-state index in [1.165, 1.54) is 0 Å². The lowest BCUT2D eigenvalue weighted by Crippen LogP contribution is -1.91. The maximum atomic E-state index is 5.33. The minimum Gasteiger partial charge on any atom is -0.496 e. The zero-order valence-corrected chi connectivity index (χ0v) is 9.55. The Morgan fingerprint density at radius 1 is 1.06 bits per heavy atom. The molecule has 2 aromatic carbocycles. The first kappa shape index (κ1) is 9.97. The Bertz CT molecular complexity index is 640. The first-order valence-electron chi connectivity index (χ1n) is 5.51. The fourth-order valence-electron chi connectivity index (χ4n) is 2.06. The quantitative estimate of drug-likeness (QED) is 0.648. The molecule has 0 aliphatic rings.